The number of hydrogen-bond acceptors (Lipinski definition) is 3. The Morgan fingerprint density at radius 3 is 2.93 bits per heavy atom. The highest BCUT2D eigenvalue weighted by molar-refractivity contribution is 6.33. The summed E-state index contributed by atoms with van der Waals surface area (Å²) in [6, 6.07) is 1.78. The lowest BCUT2D eigenvalue weighted by Gasteiger charge is -2.00. The Labute approximate surface area is 85.7 Å². The molecule has 2 N–H and O–H groups in total. The first-order chi connectivity index (χ1) is 6.77. The summed E-state index contributed by atoms with van der Waals surface area (Å²) in [5.41, 5.74) is 6.97. The molecule has 0 amide bonds. The van der Waals surface area contributed by atoms with Crippen molar-refractivity contribution in [3.8, 4) is 0 Å². The number of pyridine rings is 1. The van der Waals surface area contributed by atoms with Gasteiger partial charge in [-0.25, -0.2) is 0 Å². The molecular weight excluding hydrogens is 200 g/mol. The monoisotopic (exact) mass is 208 g/mol. The van der Waals surface area contributed by atoms with E-state index in [9.17, 15) is 0 Å². The predicted molar refractivity (Wildman–Crippen MR) is 54.4 cm³/mol. The van der Waals surface area contributed by atoms with Crippen molar-refractivity contribution < 1.29 is 0 Å². The molecule has 1 aliphatic rings. The van der Waals surface area contributed by atoms with Gasteiger partial charge in [0.2, 0.25) is 0 Å². The van der Waals surface area contributed by atoms with Crippen LogP contribution in [0.2, 0.25) is 5.02 Å². The van der Waals surface area contributed by atoms with Crippen LogP contribution in [0.15, 0.2) is 12.3 Å². The number of rotatable bonds is 1. The molecule has 2 aromatic rings. The number of nitrogens with zero attached hydrogens (tertiary/aromatic N) is 3. The minimum atomic E-state index is 0.508. The molecule has 2 heterocycles. The Bertz CT molecular complexity index is 501. The van der Waals surface area contributed by atoms with E-state index in [2.05, 4.69) is 10.2 Å². The number of nitrogen functional groups attached to an aromatic ring is 1. The van der Waals surface area contributed by atoms with Gasteiger partial charge in [-0.2, -0.15) is 0 Å². The molecule has 0 unspecified atom stereocenters. The second-order valence-corrected chi connectivity index (χ2v) is 4.01. The van der Waals surface area contributed by atoms with Crippen LogP contribution >= 0.6 is 11.6 Å². The molecule has 0 atom stereocenters. The van der Waals surface area contributed by atoms with Gasteiger partial charge in [0, 0.05) is 12.1 Å². The van der Waals surface area contributed by atoms with E-state index in [0.717, 1.165) is 5.82 Å². The molecule has 1 fully saturated rings. The van der Waals surface area contributed by atoms with Gasteiger partial charge >= 0.3 is 0 Å². The SMILES string of the molecule is Nc1c(Cl)ccn2c(C3CC3)nnc12. The number of nitrogens with two attached hydrogens (primary N) is 1. The second-order valence-electron chi connectivity index (χ2n) is 3.60. The third-order valence-corrected chi connectivity index (χ3v) is 2.86. The van der Waals surface area contributed by atoms with Gasteiger partial charge < -0.3 is 5.73 Å². The van der Waals surface area contributed by atoms with Gasteiger partial charge in [0.25, 0.3) is 0 Å². The third-order valence-electron chi connectivity index (χ3n) is 2.53. The van der Waals surface area contributed by atoms with Crippen molar-refractivity contribution in [2.45, 2.75) is 18.8 Å². The lowest BCUT2D eigenvalue weighted by atomic mass is 10.3. The molecule has 2 aromatic heterocycles. The molecule has 14 heavy (non-hydrogen) atoms. The lowest BCUT2D eigenvalue weighted by Crippen LogP contribution is -1.96. The van der Waals surface area contributed by atoms with E-state index < -0.39 is 0 Å². The Morgan fingerprint density at radius 2 is 2.21 bits per heavy atom. The van der Waals surface area contributed by atoms with Crippen LogP contribution in [-0.2, 0) is 0 Å². The average Bonchev–Trinajstić information content (AvgIpc) is 2.93. The molecule has 72 valence electrons. The van der Waals surface area contributed by atoms with Crippen LogP contribution in [0.4, 0.5) is 5.69 Å². The fourth-order valence-electron chi connectivity index (χ4n) is 1.59. The van der Waals surface area contributed by atoms with Crippen LogP contribution in [0, 0.1) is 0 Å². The highest BCUT2D eigenvalue weighted by Gasteiger charge is 2.28. The van der Waals surface area contributed by atoms with Gasteiger partial charge in [-0.1, -0.05) is 11.6 Å². The average molecular weight is 209 g/mol. The van der Waals surface area contributed by atoms with Gasteiger partial charge in [0.1, 0.15) is 5.82 Å². The molecule has 0 aliphatic heterocycles. The first-order valence-corrected chi connectivity index (χ1v) is 4.94. The van der Waals surface area contributed by atoms with E-state index in [4.69, 9.17) is 17.3 Å². The molecular formula is C9H9ClN4. The summed E-state index contributed by atoms with van der Waals surface area (Å²) >= 11 is 5.89. The number of hydrogen-bond donors (Lipinski definition) is 1. The molecule has 0 saturated heterocycles. The summed E-state index contributed by atoms with van der Waals surface area (Å²) in [6.45, 7) is 0. The largest absolute Gasteiger partial charge is 0.394 e. The molecule has 0 bridgehead atoms. The maximum Gasteiger partial charge on any atom is 0.185 e. The quantitative estimate of drug-likeness (QED) is 0.778. The fraction of sp³-hybridized carbons (Fsp3) is 0.333. The van der Waals surface area contributed by atoms with E-state index >= 15 is 0 Å². The summed E-state index contributed by atoms with van der Waals surface area (Å²) in [7, 11) is 0. The number of fused-ring (bicyclic) bond motifs is 1. The molecule has 0 radical (unpaired) electrons. The minimum Gasteiger partial charge on any atom is -0.394 e. The van der Waals surface area contributed by atoms with E-state index in [-0.39, 0.29) is 0 Å². The second kappa shape index (κ2) is 2.60. The fourth-order valence-corrected chi connectivity index (χ4v) is 1.73. The first kappa shape index (κ1) is 8.05. The Morgan fingerprint density at radius 1 is 1.43 bits per heavy atom. The van der Waals surface area contributed by atoms with Crippen molar-refractivity contribution in [3.63, 3.8) is 0 Å². The lowest BCUT2D eigenvalue weighted by molar-refractivity contribution is 0.897. The Kier molecular flexibility index (Phi) is 1.50. The van der Waals surface area contributed by atoms with Crippen LogP contribution in [0.1, 0.15) is 24.6 Å². The first-order valence-electron chi connectivity index (χ1n) is 4.56. The third kappa shape index (κ3) is 1.00. The van der Waals surface area contributed by atoms with Gasteiger partial charge in [-0.3, -0.25) is 4.40 Å². The summed E-state index contributed by atoms with van der Waals surface area (Å²) in [5, 5.41) is 8.71. The predicted octanol–water partition coefficient (Wildman–Crippen LogP) is 1.84. The van der Waals surface area contributed by atoms with E-state index in [1.54, 1.807) is 6.07 Å². The summed E-state index contributed by atoms with van der Waals surface area (Å²) in [4.78, 5) is 0. The van der Waals surface area contributed by atoms with E-state index in [1.165, 1.54) is 12.8 Å². The van der Waals surface area contributed by atoms with Crippen molar-refractivity contribution in [1.29, 1.82) is 0 Å². The van der Waals surface area contributed by atoms with Crippen molar-refractivity contribution in [2.75, 3.05) is 5.73 Å². The van der Waals surface area contributed by atoms with Crippen LogP contribution in [0.5, 0.6) is 0 Å². The van der Waals surface area contributed by atoms with Crippen molar-refractivity contribution in [2.24, 2.45) is 0 Å². The summed E-state index contributed by atoms with van der Waals surface area (Å²) in [6.07, 6.45) is 4.27. The number of halogens is 1. The summed E-state index contributed by atoms with van der Waals surface area (Å²) < 4.78 is 1.93. The van der Waals surface area contributed by atoms with E-state index in [0.29, 0.717) is 22.3 Å². The minimum absolute atomic E-state index is 0.508. The molecule has 4 nitrogen and oxygen atoms in total. The zero-order valence-electron chi connectivity index (χ0n) is 7.44. The maximum atomic E-state index is 5.89. The number of aromatic nitrogens is 3. The smallest absolute Gasteiger partial charge is 0.185 e. The Hall–Kier alpha value is -1.29. The normalized spacial score (nSPS) is 16.4. The molecule has 5 heteroatoms. The zero-order valence-corrected chi connectivity index (χ0v) is 8.20. The zero-order chi connectivity index (χ0) is 9.71. The van der Waals surface area contributed by atoms with Crippen LogP contribution in [0.25, 0.3) is 5.65 Å². The highest BCUT2D eigenvalue weighted by Crippen LogP contribution is 2.39. The number of anilines is 1. The topological polar surface area (TPSA) is 56.2 Å². The van der Waals surface area contributed by atoms with E-state index in [1.807, 2.05) is 10.6 Å². The molecule has 0 spiro atoms. The van der Waals surface area contributed by atoms with Gasteiger partial charge in [0.05, 0.1) is 10.7 Å². The highest BCUT2D eigenvalue weighted by atomic mass is 35.5. The molecule has 0 aromatic carbocycles. The van der Waals surface area contributed by atoms with Crippen molar-refractivity contribution in [1.82, 2.24) is 14.6 Å². The molecule has 1 saturated carbocycles. The molecule has 3 rings (SSSR count). The van der Waals surface area contributed by atoms with Gasteiger partial charge in [-0.15, -0.1) is 10.2 Å². The summed E-state index contributed by atoms with van der Waals surface area (Å²) in [5.74, 6) is 1.56. The van der Waals surface area contributed by atoms with Crippen molar-refractivity contribution >= 4 is 22.9 Å². The molecule has 1 aliphatic carbocycles. The van der Waals surface area contributed by atoms with Gasteiger partial charge in [0.15, 0.2) is 5.65 Å². The van der Waals surface area contributed by atoms with Gasteiger partial charge in [-0.05, 0) is 18.9 Å². The Balaban J connectivity index is 2.31. The van der Waals surface area contributed by atoms with Crippen LogP contribution in [-0.4, -0.2) is 14.6 Å². The van der Waals surface area contributed by atoms with Crippen LogP contribution in [0.3, 0.4) is 0 Å². The standard InChI is InChI=1S/C9H9ClN4/c10-6-3-4-14-8(5-1-2-5)12-13-9(14)7(6)11/h3-5H,1-2,11H2. The van der Waals surface area contributed by atoms with Crippen LogP contribution < -0.4 is 5.73 Å². The maximum absolute atomic E-state index is 5.89. The van der Waals surface area contributed by atoms with Crippen molar-refractivity contribution in [3.05, 3.63) is 23.1 Å².